The average Bonchev–Trinajstić information content (AvgIpc) is 3.09. The Bertz CT molecular complexity index is 656. The van der Waals surface area contributed by atoms with Crippen LogP contribution < -0.4 is 10.2 Å². The summed E-state index contributed by atoms with van der Waals surface area (Å²) in [7, 11) is 0. The maximum atomic E-state index is 11.7. The summed E-state index contributed by atoms with van der Waals surface area (Å²) in [6.45, 7) is 8.06. The normalized spacial score (nSPS) is 18.4. The van der Waals surface area contributed by atoms with Gasteiger partial charge in [0.25, 0.3) is 0 Å². The molecule has 6 nitrogen and oxygen atoms in total. The fraction of sp³-hybridized carbons (Fsp3) is 0.529. The summed E-state index contributed by atoms with van der Waals surface area (Å²) < 4.78 is 5.27. The molecule has 1 fully saturated rings. The minimum atomic E-state index is -0.458. The first kappa shape index (κ1) is 15.6. The molecule has 2 aromatic rings. The van der Waals surface area contributed by atoms with Gasteiger partial charge < -0.3 is 19.9 Å². The lowest BCUT2D eigenvalue weighted by molar-refractivity contribution is 0.0520. The van der Waals surface area contributed by atoms with Gasteiger partial charge in [0.2, 0.25) is 5.95 Å². The van der Waals surface area contributed by atoms with E-state index in [1.54, 1.807) is 0 Å². The number of carbonyl (C=O) groups is 1. The molecule has 1 amide bonds. The van der Waals surface area contributed by atoms with E-state index in [1.165, 1.54) is 0 Å². The molecular weight excluding hydrogens is 292 g/mol. The van der Waals surface area contributed by atoms with Gasteiger partial charge in [0, 0.05) is 19.6 Å². The number of para-hydroxylation sites is 2. The number of nitrogens with one attached hydrogen (secondary N) is 2. The summed E-state index contributed by atoms with van der Waals surface area (Å²) in [6, 6.07) is 8.03. The van der Waals surface area contributed by atoms with Gasteiger partial charge in [0.05, 0.1) is 11.0 Å². The van der Waals surface area contributed by atoms with Gasteiger partial charge in [-0.15, -0.1) is 0 Å². The highest BCUT2D eigenvalue weighted by Gasteiger charge is 2.25. The van der Waals surface area contributed by atoms with Gasteiger partial charge in [-0.05, 0) is 45.2 Å². The van der Waals surface area contributed by atoms with Crippen molar-refractivity contribution in [2.24, 2.45) is 5.92 Å². The second-order valence-corrected chi connectivity index (χ2v) is 7.06. The fourth-order valence-electron chi connectivity index (χ4n) is 2.82. The Morgan fingerprint density at radius 2 is 2.22 bits per heavy atom. The molecule has 3 rings (SSSR count). The third-order valence-corrected chi connectivity index (χ3v) is 3.90. The van der Waals surface area contributed by atoms with Gasteiger partial charge in [-0.25, -0.2) is 9.78 Å². The summed E-state index contributed by atoms with van der Waals surface area (Å²) in [5, 5.41) is 2.86. The van der Waals surface area contributed by atoms with E-state index in [0.29, 0.717) is 12.5 Å². The molecule has 0 bridgehead atoms. The topological polar surface area (TPSA) is 70.2 Å². The molecule has 0 saturated carbocycles. The Morgan fingerprint density at radius 1 is 1.43 bits per heavy atom. The minimum absolute atomic E-state index is 0.348. The van der Waals surface area contributed by atoms with Crippen molar-refractivity contribution >= 4 is 23.1 Å². The van der Waals surface area contributed by atoms with Crippen LogP contribution in [0, 0.1) is 5.92 Å². The van der Waals surface area contributed by atoms with Crippen LogP contribution in [0.4, 0.5) is 10.7 Å². The molecule has 1 aromatic heterocycles. The molecule has 1 aliphatic rings. The average molecular weight is 316 g/mol. The molecule has 0 aliphatic carbocycles. The van der Waals surface area contributed by atoms with Crippen molar-refractivity contribution in [3.63, 3.8) is 0 Å². The molecule has 1 atom stereocenters. The van der Waals surface area contributed by atoms with Crippen molar-refractivity contribution in [1.29, 1.82) is 0 Å². The quantitative estimate of drug-likeness (QED) is 0.913. The van der Waals surface area contributed by atoms with Crippen molar-refractivity contribution in [2.75, 3.05) is 24.5 Å². The van der Waals surface area contributed by atoms with Crippen LogP contribution in [0.3, 0.4) is 0 Å². The molecule has 1 aliphatic heterocycles. The molecule has 6 heteroatoms. The number of imidazole rings is 1. The zero-order valence-corrected chi connectivity index (χ0v) is 13.9. The summed E-state index contributed by atoms with van der Waals surface area (Å²) in [4.78, 5) is 21.9. The maximum Gasteiger partial charge on any atom is 0.407 e. The predicted octanol–water partition coefficient (Wildman–Crippen LogP) is 2.91. The summed E-state index contributed by atoms with van der Waals surface area (Å²) >= 11 is 0. The Kier molecular flexibility index (Phi) is 4.15. The summed E-state index contributed by atoms with van der Waals surface area (Å²) in [5.41, 5.74) is 1.58. The van der Waals surface area contributed by atoms with Crippen LogP contribution in [0.2, 0.25) is 0 Å². The number of alkyl carbamates (subject to hydrolysis) is 1. The second-order valence-electron chi connectivity index (χ2n) is 7.06. The molecule has 23 heavy (non-hydrogen) atoms. The van der Waals surface area contributed by atoms with Crippen LogP contribution in [-0.2, 0) is 4.74 Å². The number of fused-ring (bicyclic) bond motifs is 1. The van der Waals surface area contributed by atoms with Crippen molar-refractivity contribution in [1.82, 2.24) is 15.3 Å². The third-order valence-electron chi connectivity index (χ3n) is 3.90. The van der Waals surface area contributed by atoms with Crippen LogP contribution in [0.25, 0.3) is 11.0 Å². The highest BCUT2D eigenvalue weighted by molar-refractivity contribution is 5.77. The third kappa shape index (κ3) is 3.94. The highest BCUT2D eigenvalue weighted by atomic mass is 16.6. The molecule has 124 valence electrons. The summed E-state index contributed by atoms with van der Waals surface area (Å²) in [6.07, 6.45) is 0.687. The molecule has 1 unspecified atom stereocenters. The van der Waals surface area contributed by atoms with E-state index in [-0.39, 0.29) is 6.09 Å². The lowest BCUT2D eigenvalue weighted by Gasteiger charge is -2.20. The number of rotatable bonds is 3. The molecular formula is C17H24N4O2. The predicted molar refractivity (Wildman–Crippen MR) is 90.7 cm³/mol. The van der Waals surface area contributed by atoms with E-state index >= 15 is 0 Å². The molecule has 1 saturated heterocycles. The largest absolute Gasteiger partial charge is 0.444 e. The molecule has 1 aromatic carbocycles. The number of hydrogen-bond donors (Lipinski definition) is 2. The van der Waals surface area contributed by atoms with E-state index in [9.17, 15) is 4.79 Å². The lowest BCUT2D eigenvalue weighted by atomic mass is 10.1. The number of hydrogen-bond acceptors (Lipinski definition) is 4. The van der Waals surface area contributed by atoms with E-state index < -0.39 is 5.60 Å². The van der Waals surface area contributed by atoms with E-state index in [2.05, 4.69) is 20.2 Å². The second kappa shape index (κ2) is 6.10. The van der Waals surface area contributed by atoms with Gasteiger partial charge in [0.1, 0.15) is 5.60 Å². The zero-order valence-electron chi connectivity index (χ0n) is 13.9. The minimum Gasteiger partial charge on any atom is -0.444 e. The van der Waals surface area contributed by atoms with Crippen molar-refractivity contribution in [2.45, 2.75) is 32.8 Å². The Balaban J connectivity index is 1.53. The number of nitrogens with zero attached hydrogens (tertiary/aromatic N) is 2. The maximum absolute atomic E-state index is 11.7. The van der Waals surface area contributed by atoms with Gasteiger partial charge in [-0.3, -0.25) is 0 Å². The number of amides is 1. The first-order valence-corrected chi connectivity index (χ1v) is 8.07. The number of H-pyrrole nitrogens is 1. The van der Waals surface area contributed by atoms with Crippen LogP contribution in [0.1, 0.15) is 27.2 Å². The van der Waals surface area contributed by atoms with E-state index in [0.717, 1.165) is 36.5 Å². The molecule has 0 radical (unpaired) electrons. The smallest absolute Gasteiger partial charge is 0.407 e. The summed E-state index contributed by atoms with van der Waals surface area (Å²) in [5.74, 6) is 1.32. The molecule has 0 spiro atoms. The number of aromatic amines is 1. The number of ether oxygens (including phenoxy) is 1. The van der Waals surface area contributed by atoms with Crippen molar-refractivity contribution in [3.05, 3.63) is 24.3 Å². The van der Waals surface area contributed by atoms with Crippen molar-refractivity contribution < 1.29 is 9.53 Å². The zero-order chi connectivity index (χ0) is 16.4. The fourth-order valence-corrected chi connectivity index (χ4v) is 2.82. The Hall–Kier alpha value is -2.24. The number of carbonyl (C=O) groups excluding carboxylic acids is 1. The SMILES string of the molecule is CC(C)(C)OC(=O)NCC1CCN(c2nc3ccccc3[nH]2)C1. The first-order valence-electron chi connectivity index (χ1n) is 8.07. The van der Waals surface area contributed by atoms with E-state index in [1.807, 2.05) is 45.0 Å². The van der Waals surface area contributed by atoms with Gasteiger partial charge in [-0.2, -0.15) is 0 Å². The van der Waals surface area contributed by atoms with Gasteiger partial charge >= 0.3 is 6.09 Å². The highest BCUT2D eigenvalue weighted by Crippen LogP contribution is 2.23. The van der Waals surface area contributed by atoms with Crippen LogP contribution in [0.5, 0.6) is 0 Å². The number of anilines is 1. The lowest BCUT2D eigenvalue weighted by Crippen LogP contribution is -2.36. The van der Waals surface area contributed by atoms with Gasteiger partial charge in [-0.1, -0.05) is 12.1 Å². The molecule has 2 N–H and O–H groups in total. The standard InChI is InChI=1S/C17H24N4O2/c1-17(2,3)23-16(22)18-10-12-8-9-21(11-12)15-19-13-6-4-5-7-14(13)20-15/h4-7,12H,8-11H2,1-3H3,(H,18,22)(H,19,20). The van der Waals surface area contributed by atoms with Gasteiger partial charge in [0.15, 0.2) is 0 Å². The van der Waals surface area contributed by atoms with Crippen LogP contribution >= 0.6 is 0 Å². The van der Waals surface area contributed by atoms with Crippen LogP contribution in [0.15, 0.2) is 24.3 Å². The first-order chi connectivity index (χ1) is 10.9. The van der Waals surface area contributed by atoms with Crippen LogP contribution in [-0.4, -0.2) is 41.3 Å². The number of aromatic nitrogens is 2. The number of benzene rings is 1. The molecule has 2 heterocycles. The Labute approximate surface area is 136 Å². The monoisotopic (exact) mass is 316 g/mol. The van der Waals surface area contributed by atoms with E-state index in [4.69, 9.17) is 4.74 Å². The van der Waals surface area contributed by atoms with Crippen molar-refractivity contribution in [3.8, 4) is 0 Å². The Morgan fingerprint density at radius 3 is 2.96 bits per heavy atom.